The van der Waals surface area contributed by atoms with Crippen molar-refractivity contribution in [2.45, 2.75) is 0 Å². The van der Waals surface area contributed by atoms with E-state index in [9.17, 15) is 0 Å². The van der Waals surface area contributed by atoms with Gasteiger partial charge in [0.1, 0.15) is 0 Å². The van der Waals surface area contributed by atoms with E-state index in [0.717, 1.165) is 22.4 Å². The van der Waals surface area contributed by atoms with Crippen molar-refractivity contribution in [3.8, 4) is 23.1 Å². The molecule has 0 bridgehead atoms. The molecule has 1 nitrogen and oxygen atoms in total. The van der Waals surface area contributed by atoms with Gasteiger partial charge in [-0.05, 0) is 23.9 Å². The van der Waals surface area contributed by atoms with Crippen LogP contribution in [0.5, 0.6) is 0 Å². The monoisotopic (exact) mass is 447 g/mol. The van der Waals surface area contributed by atoms with E-state index in [4.69, 9.17) is 0 Å². The van der Waals surface area contributed by atoms with E-state index in [-0.39, 0.29) is 20.1 Å². The van der Waals surface area contributed by atoms with Crippen LogP contribution < -0.4 is 0 Å². The number of aromatic nitrogens is 1. The molecule has 0 unspecified atom stereocenters. The summed E-state index contributed by atoms with van der Waals surface area (Å²) in [5.74, 6) is 6.33. The van der Waals surface area contributed by atoms with Crippen molar-refractivity contribution in [1.29, 1.82) is 0 Å². The molecule has 2 heteroatoms. The summed E-state index contributed by atoms with van der Waals surface area (Å²) >= 11 is 0. The fourth-order valence-electron chi connectivity index (χ4n) is 1.88. The van der Waals surface area contributed by atoms with Crippen LogP contribution in [0.4, 0.5) is 0 Å². The maximum Gasteiger partial charge on any atom is 0.0248 e. The quantitative estimate of drug-likeness (QED) is 0.408. The van der Waals surface area contributed by atoms with Crippen LogP contribution in [0.1, 0.15) is 11.1 Å². The Kier molecular flexibility index (Phi) is 5.46. The third-order valence-electron chi connectivity index (χ3n) is 2.87. The van der Waals surface area contributed by atoms with Gasteiger partial charge in [-0.1, -0.05) is 47.7 Å². The summed E-state index contributed by atoms with van der Waals surface area (Å²) < 4.78 is 0. The van der Waals surface area contributed by atoms with Crippen molar-refractivity contribution in [3.05, 3.63) is 90.1 Å². The molecule has 21 heavy (non-hydrogen) atoms. The second kappa shape index (κ2) is 7.55. The van der Waals surface area contributed by atoms with Crippen LogP contribution in [-0.4, -0.2) is 4.98 Å². The summed E-state index contributed by atoms with van der Waals surface area (Å²) in [7, 11) is 0. The van der Waals surface area contributed by atoms with E-state index in [2.05, 4.69) is 22.9 Å². The number of pyridine rings is 1. The van der Waals surface area contributed by atoms with Gasteiger partial charge in [-0.15, -0.1) is 29.8 Å². The van der Waals surface area contributed by atoms with Gasteiger partial charge in [0.2, 0.25) is 0 Å². The first-order chi connectivity index (χ1) is 9.92. The molecule has 0 atom stereocenters. The maximum absolute atomic E-state index is 4.33. The fourth-order valence-corrected chi connectivity index (χ4v) is 1.88. The van der Waals surface area contributed by atoms with Crippen LogP contribution in [0.3, 0.4) is 0 Å². The van der Waals surface area contributed by atoms with E-state index in [0.29, 0.717) is 0 Å². The van der Waals surface area contributed by atoms with Gasteiger partial charge in [0.05, 0.1) is 0 Å². The molecular weight excluding hydrogens is 434 g/mol. The van der Waals surface area contributed by atoms with E-state index in [1.165, 1.54) is 0 Å². The van der Waals surface area contributed by atoms with Gasteiger partial charge in [-0.2, -0.15) is 0 Å². The van der Waals surface area contributed by atoms with Crippen LogP contribution >= 0.6 is 0 Å². The molecule has 103 valence electrons. The van der Waals surface area contributed by atoms with Crippen molar-refractivity contribution in [1.82, 2.24) is 4.98 Å². The molecule has 2 aromatic carbocycles. The molecule has 3 aromatic rings. The number of hydrogen-bond donors (Lipinski definition) is 0. The predicted octanol–water partition coefficient (Wildman–Crippen LogP) is 3.95. The Morgan fingerprint density at radius 3 is 2.33 bits per heavy atom. The van der Waals surface area contributed by atoms with E-state index < -0.39 is 0 Å². The number of nitrogens with zero attached hydrogens (tertiary/aromatic N) is 1. The zero-order chi connectivity index (χ0) is 13.6. The second-order valence-electron chi connectivity index (χ2n) is 4.32. The van der Waals surface area contributed by atoms with Gasteiger partial charge in [0.25, 0.3) is 0 Å². The Labute approximate surface area is 138 Å². The van der Waals surface area contributed by atoms with Gasteiger partial charge in [0, 0.05) is 31.9 Å². The van der Waals surface area contributed by atoms with Crippen molar-refractivity contribution >= 4 is 0 Å². The molecule has 0 spiro atoms. The standard InChI is InChI=1S/C19H12N.Ir/c1-2-7-16(8-3-1)12-13-17-9-6-10-18(15-17)19-11-4-5-14-20-19;/h1-9,11,14-15H;/q-1;. The average molecular weight is 447 g/mol. The van der Waals surface area contributed by atoms with Crippen LogP contribution in [0.15, 0.2) is 72.9 Å². The van der Waals surface area contributed by atoms with Crippen molar-refractivity contribution in [3.63, 3.8) is 0 Å². The fraction of sp³-hybridized carbons (Fsp3) is 0. The van der Waals surface area contributed by atoms with E-state index >= 15 is 0 Å². The Morgan fingerprint density at radius 1 is 0.810 bits per heavy atom. The van der Waals surface area contributed by atoms with Crippen LogP contribution in [-0.2, 0) is 20.1 Å². The Bertz CT molecular complexity index is 756. The smallest absolute Gasteiger partial charge is 0.0248 e. The molecule has 1 radical (unpaired) electrons. The molecule has 0 aliphatic heterocycles. The maximum atomic E-state index is 4.33. The number of rotatable bonds is 1. The predicted molar refractivity (Wildman–Crippen MR) is 80.9 cm³/mol. The van der Waals surface area contributed by atoms with Gasteiger partial charge >= 0.3 is 0 Å². The zero-order valence-corrected chi connectivity index (χ0v) is 13.6. The molecule has 0 aliphatic carbocycles. The first-order valence-corrected chi connectivity index (χ1v) is 6.42. The van der Waals surface area contributed by atoms with E-state index in [1.54, 1.807) is 6.20 Å². The molecule has 3 rings (SSSR count). The third kappa shape index (κ3) is 4.13. The molecule has 0 saturated carbocycles. The minimum Gasteiger partial charge on any atom is -0.305 e. The summed E-state index contributed by atoms with van der Waals surface area (Å²) in [6.45, 7) is 0. The van der Waals surface area contributed by atoms with Gasteiger partial charge in [-0.25, -0.2) is 0 Å². The second-order valence-corrected chi connectivity index (χ2v) is 4.32. The average Bonchev–Trinajstić information content (AvgIpc) is 2.55. The molecule has 1 aromatic heterocycles. The van der Waals surface area contributed by atoms with Crippen molar-refractivity contribution < 1.29 is 20.1 Å². The topological polar surface area (TPSA) is 12.9 Å². The summed E-state index contributed by atoms with van der Waals surface area (Å²) in [5, 5.41) is 0. The normalized spacial score (nSPS) is 9.14. The molecular formula is C19H12IrN-. The van der Waals surface area contributed by atoms with Crippen LogP contribution in [0, 0.1) is 17.9 Å². The van der Waals surface area contributed by atoms with Crippen LogP contribution in [0.25, 0.3) is 11.3 Å². The van der Waals surface area contributed by atoms with Gasteiger partial charge < -0.3 is 4.98 Å². The first-order valence-electron chi connectivity index (χ1n) is 6.42. The molecule has 0 aliphatic rings. The molecule has 1 heterocycles. The minimum absolute atomic E-state index is 0. The minimum atomic E-state index is 0. The largest absolute Gasteiger partial charge is 0.305 e. The third-order valence-corrected chi connectivity index (χ3v) is 2.87. The Hall–Kier alpha value is -2.20. The van der Waals surface area contributed by atoms with Gasteiger partial charge in [0.15, 0.2) is 0 Å². The summed E-state index contributed by atoms with van der Waals surface area (Å²) in [6, 6.07) is 24.9. The molecule has 0 fully saturated rings. The summed E-state index contributed by atoms with van der Waals surface area (Å²) in [6.07, 6.45) is 1.78. The van der Waals surface area contributed by atoms with E-state index in [1.807, 2.05) is 66.7 Å². The Balaban J connectivity index is 0.00000161. The molecule has 0 saturated heterocycles. The van der Waals surface area contributed by atoms with Crippen molar-refractivity contribution in [2.75, 3.05) is 0 Å². The molecule has 0 amide bonds. The SMILES string of the molecule is C(#Cc1cc[c-]c(-c2ccccn2)c1)c1ccccc1.[Ir]. The van der Waals surface area contributed by atoms with Crippen molar-refractivity contribution in [2.24, 2.45) is 0 Å². The number of benzene rings is 2. The summed E-state index contributed by atoms with van der Waals surface area (Å²) in [5.41, 5.74) is 3.86. The Morgan fingerprint density at radius 2 is 1.57 bits per heavy atom. The van der Waals surface area contributed by atoms with Gasteiger partial charge in [-0.3, -0.25) is 0 Å². The zero-order valence-electron chi connectivity index (χ0n) is 11.2. The summed E-state index contributed by atoms with van der Waals surface area (Å²) in [4.78, 5) is 4.33. The first kappa shape index (κ1) is 15.2. The number of hydrogen-bond acceptors (Lipinski definition) is 1. The van der Waals surface area contributed by atoms with Crippen LogP contribution in [0.2, 0.25) is 0 Å². The molecule has 0 N–H and O–H groups in total.